The zero-order valence-electron chi connectivity index (χ0n) is 49.4. The van der Waals surface area contributed by atoms with Crippen LogP contribution in [0.15, 0.2) is 158 Å². The van der Waals surface area contributed by atoms with Gasteiger partial charge in [-0.25, -0.2) is 0 Å². The van der Waals surface area contributed by atoms with Crippen LogP contribution in [-0.2, 0) is 28.6 Å². The summed E-state index contributed by atoms with van der Waals surface area (Å²) >= 11 is 0. The highest BCUT2D eigenvalue weighted by Gasteiger charge is 2.19. The van der Waals surface area contributed by atoms with Gasteiger partial charge in [0.2, 0.25) is 0 Å². The lowest BCUT2D eigenvalue weighted by atomic mass is 10.1. The maximum Gasteiger partial charge on any atom is 0.306 e. The van der Waals surface area contributed by atoms with E-state index >= 15 is 0 Å². The summed E-state index contributed by atoms with van der Waals surface area (Å²) in [4.78, 5) is 38.1. The molecule has 6 nitrogen and oxygen atoms in total. The molecule has 0 aliphatic heterocycles. The smallest absolute Gasteiger partial charge is 0.306 e. The molecule has 1 atom stereocenters. The lowest BCUT2D eigenvalue weighted by molar-refractivity contribution is -0.167. The van der Waals surface area contributed by atoms with E-state index in [1.807, 2.05) is 0 Å². The van der Waals surface area contributed by atoms with E-state index in [2.05, 4.69) is 179 Å². The summed E-state index contributed by atoms with van der Waals surface area (Å²) in [5.74, 6) is -0.954. The molecule has 0 heterocycles. The highest BCUT2D eigenvalue weighted by molar-refractivity contribution is 5.71. The fourth-order valence-corrected chi connectivity index (χ4v) is 7.95. The molecule has 0 spiro atoms. The first kappa shape index (κ1) is 72.0. The number of ether oxygens (including phenoxy) is 3. The normalized spacial score (nSPS) is 13.2. The molecule has 1 unspecified atom stereocenters. The van der Waals surface area contributed by atoms with Crippen LogP contribution in [0.1, 0.15) is 252 Å². The molecule has 0 aliphatic rings. The predicted molar refractivity (Wildman–Crippen MR) is 334 cm³/mol. The summed E-state index contributed by atoms with van der Waals surface area (Å²) < 4.78 is 16.8. The van der Waals surface area contributed by atoms with E-state index in [0.29, 0.717) is 19.3 Å². The number of hydrogen-bond acceptors (Lipinski definition) is 6. The van der Waals surface area contributed by atoms with Gasteiger partial charge in [-0.05, 0) is 128 Å². The molecular weight excluding hydrogens is 949 g/mol. The highest BCUT2D eigenvalue weighted by atomic mass is 16.6. The van der Waals surface area contributed by atoms with Gasteiger partial charge in [-0.2, -0.15) is 0 Å². The van der Waals surface area contributed by atoms with E-state index in [-0.39, 0.29) is 37.5 Å². The largest absolute Gasteiger partial charge is 0.462 e. The molecule has 77 heavy (non-hydrogen) atoms. The Labute approximate surface area is 473 Å². The number of unbranched alkanes of at least 4 members (excludes halogenated alkanes) is 17. The fourth-order valence-electron chi connectivity index (χ4n) is 7.95. The Kier molecular flexibility index (Phi) is 59.5. The van der Waals surface area contributed by atoms with Gasteiger partial charge >= 0.3 is 17.9 Å². The molecule has 0 amide bonds. The van der Waals surface area contributed by atoms with Crippen molar-refractivity contribution in [1.29, 1.82) is 0 Å². The molecule has 0 bridgehead atoms. The molecule has 0 aromatic carbocycles. The Bertz CT molecular complexity index is 1740. The Balaban J connectivity index is 4.29. The van der Waals surface area contributed by atoms with Crippen LogP contribution in [0.2, 0.25) is 0 Å². The average Bonchev–Trinajstić information content (AvgIpc) is 3.43. The third-order valence-electron chi connectivity index (χ3n) is 12.5. The quantitative estimate of drug-likeness (QED) is 0.0261. The van der Waals surface area contributed by atoms with E-state index in [4.69, 9.17) is 14.2 Å². The van der Waals surface area contributed by atoms with Crippen molar-refractivity contribution in [2.45, 2.75) is 258 Å². The van der Waals surface area contributed by atoms with Crippen molar-refractivity contribution in [2.75, 3.05) is 13.2 Å². The topological polar surface area (TPSA) is 78.9 Å². The minimum absolute atomic E-state index is 0.0999. The number of carbonyl (C=O) groups excluding carboxylic acids is 3. The third-order valence-corrected chi connectivity index (χ3v) is 12.5. The molecule has 6 heteroatoms. The van der Waals surface area contributed by atoms with Crippen LogP contribution >= 0.6 is 0 Å². The van der Waals surface area contributed by atoms with Crippen LogP contribution < -0.4 is 0 Å². The van der Waals surface area contributed by atoms with E-state index in [1.54, 1.807) is 0 Å². The molecule has 0 aliphatic carbocycles. The van der Waals surface area contributed by atoms with Gasteiger partial charge in [0.1, 0.15) is 13.2 Å². The van der Waals surface area contributed by atoms with E-state index in [1.165, 1.54) is 57.8 Å². The number of rotatable bonds is 54. The second kappa shape index (κ2) is 63.6. The van der Waals surface area contributed by atoms with Crippen LogP contribution in [0, 0.1) is 0 Å². The zero-order chi connectivity index (χ0) is 55.7. The summed E-state index contributed by atoms with van der Waals surface area (Å²) in [6.07, 6.45) is 92.6. The van der Waals surface area contributed by atoms with Gasteiger partial charge in [-0.1, -0.05) is 262 Å². The highest BCUT2D eigenvalue weighted by Crippen LogP contribution is 2.14. The van der Waals surface area contributed by atoms with Gasteiger partial charge < -0.3 is 14.2 Å². The van der Waals surface area contributed by atoms with Crippen LogP contribution in [0.25, 0.3) is 0 Å². The second-order valence-corrected chi connectivity index (χ2v) is 19.9. The van der Waals surface area contributed by atoms with Crippen LogP contribution in [0.5, 0.6) is 0 Å². The number of esters is 3. The number of allylic oxidation sites excluding steroid dienone is 26. The van der Waals surface area contributed by atoms with Gasteiger partial charge in [0.15, 0.2) is 6.10 Å². The molecule has 0 fully saturated rings. The zero-order valence-corrected chi connectivity index (χ0v) is 49.4. The predicted octanol–water partition coefficient (Wildman–Crippen LogP) is 21.3. The van der Waals surface area contributed by atoms with E-state index in [9.17, 15) is 14.4 Å². The van der Waals surface area contributed by atoms with Gasteiger partial charge in [-0.3, -0.25) is 14.4 Å². The average molecular weight is 1060 g/mol. The maximum atomic E-state index is 12.8. The van der Waals surface area contributed by atoms with Crippen molar-refractivity contribution in [3.63, 3.8) is 0 Å². The minimum Gasteiger partial charge on any atom is -0.462 e. The van der Waals surface area contributed by atoms with Crippen molar-refractivity contribution < 1.29 is 28.6 Å². The van der Waals surface area contributed by atoms with E-state index in [0.717, 1.165) is 148 Å². The van der Waals surface area contributed by atoms with Gasteiger partial charge in [0, 0.05) is 19.3 Å². The molecular formula is C71H112O6. The Morgan fingerprint density at radius 2 is 0.506 bits per heavy atom. The first-order valence-corrected chi connectivity index (χ1v) is 31.0. The molecule has 432 valence electrons. The molecule has 0 aromatic heterocycles. The van der Waals surface area contributed by atoms with Crippen LogP contribution in [0.4, 0.5) is 0 Å². The van der Waals surface area contributed by atoms with Crippen LogP contribution in [-0.4, -0.2) is 37.2 Å². The van der Waals surface area contributed by atoms with Gasteiger partial charge in [0.25, 0.3) is 0 Å². The van der Waals surface area contributed by atoms with Crippen molar-refractivity contribution in [1.82, 2.24) is 0 Å². The second-order valence-electron chi connectivity index (χ2n) is 19.9. The van der Waals surface area contributed by atoms with Gasteiger partial charge in [0.05, 0.1) is 0 Å². The van der Waals surface area contributed by atoms with E-state index < -0.39 is 6.10 Å². The fraction of sp³-hybridized carbons (Fsp3) is 0.592. The minimum atomic E-state index is -0.805. The van der Waals surface area contributed by atoms with Crippen LogP contribution in [0.3, 0.4) is 0 Å². The van der Waals surface area contributed by atoms with Crippen molar-refractivity contribution in [2.24, 2.45) is 0 Å². The summed E-state index contributed by atoms with van der Waals surface area (Å²) in [5.41, 5.74) is 0. The monoisotopic (exact) mass is 1060 g/mol. The third kappa shape index (κ3) is 61.8. The SMILES string of the molecule is CC/C=C\C/C=C\C/C=C\C/C=C\C/C=C\C/C=C\C/C=C\CCCCCC(=O)OC(COC(=O)CCCCCCCCC)COC(=O)CCCCCCCCCC/C=C\C/C=C\C/C=C\C/C=C\C/C=C\C/C=C\CC. The summed E-state index contributed by atoms with van der Waals surface area (Å²) in [6, 6.07) is 0. The van der Waals surface area contributed by atoms with Crippen molar-refractivity contribution in [3.05, 3.63) is 158 Å². The first-order valence-electron chi connectivity index (χ1n) is 31.0. The first-order chi connectivity index (χ1) is 38.0. The molecule has 0 N–H and O–H groups in total. The summed E-state index contributed by atoms with van der Waals surface area (Å²) in [7, 11) is 0. The Morgan fingerprint density at radius 3 is 0.805 bits per heavy atom. The van der Waals surface area contributed by atoms with Gasteiger partial charge in [-0.15, -0.1) is 0 Å². The Hall–Kier alpha value is -4.97. The van der Waals surface area contributed by atoms with Crippen molar-refractivity contribution in [3.8, 4) is 0 Å². The standard InChI is InChI=1S/C71H112O6/c1-4-7-10-13-16-18-20-22-24-26-28-30-32-34-35-37-38-40-42-44-46-48-50-52-55-58-61-64-70(73)76-67-68(66-75-69(72)63-60-57-54-15-12-9-6-3)77-71(74)65-62-59-56-53-51-49-47-45-43-41-39-36-33-31-29-27-25-23-21-19-17-14-11-8-5-2/h7-8,10-11,16-19,22-25,28-31,34-36,38-40,43,45,49,51,68H,4-6,9,12-15,20-21,26-27,32-33,37,41-42,44,46-48,50,52-67H2,1-3H3/b10-7-,11-8-,18-16-,19-17-,24-22-,25-23-,30-28-,31-29-,35-34-,39-36-,40-38-,45-43-,51-49-. The lowest BCUT2D eigenvalue weighted by Crippen LogP contribution is -2.30. The number of hydrogen-bond donors (Lipinski definition) is 0. The molecule has 0 saturated carbocycles. The molecule has 0 radical (unpaired) electrons. The summed E-state index contributed by atoms with van der Waals surface area (Å²) in [6.45, 7) is 6.32. The molecule has 0 saturated heterocycles. The molecule has 0 rings (SSSR count). The summed E-state index contributed by atoms with van der Waals surface area (Å²) in [5, 5.41) is 0. The maximum absolute atomic E-state index is 12.8. The Morgan fingerprint density at radius 1 is 0.273 bits per heavy atom. The lowest BCUT2D eigenvalue weighted by Gasteiger charge is -2.18. The van der Waals surface area contributed by atoms with Crippen molar-refractivity contribution >= 4 is 17.9 Å². The number of carbonyl (C=O) groups is 3. The molecule has 0 aromatic rings.